The van der Waals surface area contributed by atoms with Crippen molar-refractivity contribution in [1.29, 1.82) is 0 Å². The summed E-state index contributed by atoms with van der Waals surface area (Å²) in [4.78, 5) is 54.8. The molecular weight excluding hydrogens is 448 g/mol. The first-order valence-electron chi connectivity index (χ1n) is 11.4. The maximum atomic E-state index is 14.2. The average molecular weight is 472 g/mol. The lowest BCUT2D eigenvalue weighted by atomic mass is 9.63. The van der Waals surface area contributed by atoms with Gasteiger partial charge < -0.3 is 15.2 Å². The Morgan fingerprint density at radius 1 is 1.09 bits per heavy atom. The highest BCUT2D eigenvalue weighted by Gasteiger charge is 2.65. The predicted molar refractivity (Wildman–Crippen MR) is 126 cm³/mol. The molecule has 2 aromatic rings. The van der Waals surface area contributed by atoms with Crippen LogP contribution in [0.4, 0.5) is 5.69 Å². The Kier molecular flexibility index (Phi) is 5.31. The average Bonchev–Trinajstić information content (AvgIpc) is 3.08. The van der Waals surface area contributed by atoms with Crippen molar-refractivity contribution in [1.82, 2.24) is 0 Å². The number of ketones is 1. The van der Waals surface area contributed by atoms with Gasteiger partial charge in [-0.3, -0.25) is 14.4 Å². The second kappa shape index (κ2) is 8.23. The zero-order chi connectivity index (χ0) is 24.9. The predicted octanol–water partition coefficient (Wildman–Crippen LogP) is 2.98. The van der Waals surface area contributed by atoms with Crippen LogP contribution in [-0.2, 0) is 34.1 Å². The van der Waals surface area contributed by atoms with E-state index >= 15 is 0 Å². The first kappa shape index (κ1) is 22.6. The number of imide groups is 1. The number of anilines is 1. The monoisotopic (exact) mass is 472 g/mol. The van der Waals surface area contributed by atoms with Crippen LogP contribution < -0.4 is 10.6 Å². The lowest BCUT2D eigenvalue weighted by Crippen LogP contribution is -2.52. The molecule has 0 fully saturated rings. The topological polar surface area (TPSA) is 116 Å². The van der Waals surface area contributed by atoms with E-state index in [1.807, 2.05) is 30.3 Å². The number of fused-ring (bicyclic) bond motifs is 3. The molecule has 1 aliphatic carbocycles. The van der Waals surface area contributed by atoms with Crippen molar-refractivity contribution in [3.05, 3.63) is 88.5 Å². The van der Waals surface area contributed by atoms with Crippen molar-refractivity contribution in [3.63, 3.8) is 0 Å². The Morgan fingerprint density at radius 2 is 1.77 bits per heavy atom. The fourth-order valence-corrected chi connectivity index (χ4v) is 5.48. The first-order valence-corrected chi connectivity index (χ1v) is 11.4. The van der Waals surface area contributed by atoms with Crippen LogP contribution in [0.2, 0.25) is 0 Å². The molecular formula is C27H24N2O6. The van der Waals surface area contributed by atoms with E-state index in [2.05, 4.69) is 0 Å². The number of hydrogen-bond acceptors (Lipinski definition) is 7. The molecule has 5 rings (SSSR count). The Hall–Kier alpha value is -4.20. The maximum Gasteiger partial charge on any atom is 0.341 e. The van der Waals surface area contributed by atoms with Crippen LogP contribution in [0.25, 0.3) is 0 Å². The molecule has 8 heteroatoms. The van der Waals surface area contributed by atoms with Gasteiger partial charge in [-0.15, -0.1) is 0 Å². The molecule has 0 unspecified atom stereocenters. The molecule has 2 atom stereocenters. The SMILES string of the molecule is CCOC(=O)C1=C(N)OC2=C(C(=O)C[C@@H](c3ccccc3)C2)[C@]12C(=O)N(C(C)=O)c1ccccc12. The summed E-state index contributed by atoms with van der Waals surface area (Å²) in [7, 11) is 0. The zero-order valence-corrected chi connectivity index (χ0v) is 19.4. The van der Waals surface area contributed by atoms with Crippen LogP contribution in [0, 0.1) is 0 Å². The third-order valence-corrected chi connectivity index (χ3v) is 6.79. The van der Waals surface area contributed by atoms with Crippen LogP contribution in [0.1, 0.15) is 43.7 Å². The van der Waals surface area contributed by atoms with Gasteiger partial charge in [-0.1, -0.05) is 48.5 Å². The van der Waals surface area contributed by atoms with Crippen LogP contribution in [0.3, 0.4) is 0 Å². The molecule has 2 amide bonds. The number of benzene rings is 2. The molecule has 0 aromatic heterocycles. The summed E-state index contributed by atoms with van der Waals surface area (Å²) >= 11 is 0. The Balaban J connectivity index is 1.79. The quantitative estimate of drug-likeness (QED) is 0.683. The van der Waals surface area contributed by atoms with Gasteiger partial charge in [-0.2, -0.15) is 0 Å². The van der Waals surface area contributed by atoms with E-state index < -0.39 is 23.2 Å². The van der Waals surface area contributed by atoms with Crippen molar-refractivity contribution in [3.8, 4) is 0 Å². The van der Waals surface area contributed by atoms with Crippen LogP contribution >= 0.6 is 0 Å². The molecule has 2 N–H and O–H groups in total. The zero-order valence-electron chi connectivity index (χ0n) is 19.4. The highest BCUT2D eigenvalue weighted by Crippen LogP contribution is 2.57. The minimum Gasteiger partial charge on any atom is -0.462 e. The highest BCUT2D eigenvalue weighted by molar-refractivity contribution is 6.30. The molecule has 0 saturated carbocycles. The summed E-state index contributed by atoms with van der Waals surface area (Å²) in [6.07, 6.45) is 0.415. The van der Waals surface area contributed by atoms with Gasteiger partial charge in [0, 0.05) is 25.3 Å². The third-order valence-electron chi connectivity index (χ3n) is 6.79. The summed E-state index contributed by atoms with van der Waals surface area (Å²) in [6.45, 7) is 2.90. The van der Waals surface area contributed by atoms with Gasteiger partial charge in [0.1, 0.15) is 16.7 Å². The number of para-hydroxylation sites is 1. The number of amides is 2. The second-order valence-electron chi connectivity index (χ2n) is 8.73. The largest absolute Gasteiger partial charge is 0.462 e. The number of nitrogens with two attached hydrogens (primary N) is 1. The molecule has 2 heterocycles. The Morgan fingerprint density at radius 3 is 2.46 bits per heavy atom. The lowest BCUT2D eigenvalue weighted by molar-refractivity contribution is -0.141. The number of carbonyl (C=O) groups is 4. The van der Waals surface area contributed by atoms with E-state index in [-0.39, 0.29) is 47.5 Å². The van der Waals surface area contributed by atoms with Gasteiger partial charge in [0.25, 0.3) is 5.91 Å². The third kappa shape index (κ3) is 3.13. The van der Waals surface area contributed by atoms with E-state index in [4.69, 9.17) is 15.2 Å². The molecule has 0 saturated heterocycles. The van der Waals surface area contributed by atoms with Crippen molar-refractivity contribution in [2.24, 2.45) is 5.73 Å². The number of rotatable bonds is 3. The summed E-state index contributed by atoms with van der Waals surface area (Å²) in [5, 5.41) is 0. The highest BCUT2D eigenvalue weighted by atomic mass is 16.5. The lowest BCUT2D eigenvalue weighted by Gasteiger charge is -2.40. The Labute approximate surface area is 202 Å². The molecule has 178 valence electrons. The van der Waals surface area contributed by atoms with Crippen molar-refractivity contribution in [2.45, 2.75) is 38.0 Å². The van der Waals surface area contributed by atoms with Crippen LogP contribution in [0.5, 0.6) is 0 Å². The van der Waals surface area contributed by atoms with E-state index in [1.54, 1.807) is 31.2 Å². The number of Topliss-reactive ketones (excluding diaryl/α,β-unsaturated/α-hetero) is 1. The van der Waals surface area contributed by atoms with Crippen LogP contribution in [-0.4, -0.2) is 30.2 Å². The minimum absolute atomic E-state index is 0.0217. The van der Waals surface area contributed by atoms with Gasteiger partial charge in [-0.25, -0.2) is 9.69 Å². The van der Waals surface area contributed by atoms with Gasteiger partial charge in [-0.05, 0) is 24.5 Å². The number of hydrogen-bond donors (Lipinski definition) is 1. The number of nitrogens with zero attached hydrogens (tertiary/aromatic N) is 1. The standard InChI is InChI=1S/C27H24N2O6/c1-3-34-25(32)23-24(28)35-21-14-17(16-9-5-4-6-10-16)13-20(31)22(21)27(23)18-11-7-8-12-19(18)29(15(2)30)26(27)33/h4-12,17H,3,13-14,28H2,1-2H3/t17-,27+/m1/s1. The molecule has 3 aliphatic rings. The molecule has 8 nitrogen and oxygen atoms in total. The number of carbonyl (C=O) groups excluding carboxylic acids is 4. The van der Waals surface area contributed by atoms with E-state index in [0.717, 1.165) is 10.5 Å². The summed E-state index contributed by atoms with van der Waals surface area (Å²) in [5.41, 5.74) is 5.72. The maximum absolute atomic E-state index is 14.2. The molecule has 2 aliphatic heterocycles. The fourth-order valence-electron chi connectivity index (χ4n) is 5.48. The molecule has 35 heavy (non-hydrogen) atoms. The van der Waals surface area contributed by atoms with Gasteiger partial charge >= 0.3 is 5.97 Å². The molecule has 1 spiro atoms. The number of allylic oxidation sites excluding steroid dienone is 1. The Bertz CT molecular complexity index is 1340. The van der Waals surface area contributed by atoms with Crippen molar-refractivity contribution in [2.75, 3.05) is 11.5 Å². The smallest absolute Gasteiger partial charge is 0.341 e. The van der Waals surface area contributed by atoms with E-state index in [9.17, 15) is 19.2 Å². The van der Waals surface area contributed by atoms with Crippen molar-refractivity contribution >= 4 is 29.3 Å². The number of ether oxygens (including phenoxy) is 2. The van der Waals surface area contributed by atoms with E-state index in [1.165, 1.54) is 6.92 Å². The molecule has 0 radical (unpaired) electrons. The van der Waals surface area contributed by atoms with Crippen LogP contribution in [0.15, 0.2) is 77.4 Å². The second-order valence-corrected chi connectivity index (χ2v) is 8.73. The number of esters is 1. The van der Waals surface area contributed by atoms with Gasteiger partial charge in [0.15, 0.2) is 5.78 Å². The summed E-state index contributed by atoms with van der Waals surface area (Å²) in [5.74, 6) is -2.76. The molecule has 2 aromatic carbocycles. The van der Waals surface area contributed by atoms with Gasteiger partial charge in [0.05, 0.1) is 17.9 Å². The summed E-state index contributed by atoms with van der Waals surface area (Å²) in [6, 6.07) is 16.1. The van der Waals surface area contributed by atoms with Crippen molar-refractivity contribution < 1.29 is 28.7 Å². The van der Waals surface area contributed by atoms with Gasteiger partial charge in [0.2, 0.25) is 11.8 Å². The molecule has 0 bridgehead atoms. The minimum atomic E-state index is -1.93. The normalized spacial score (nSPS) is 23.3. The summed E-state index contributed by atoms with van der Waals surface area (Å²) < 4.78 is 11.2. The first-order chi connectivity index (χ1) is 16.8. The fraction of sp³-hybridized carbons (Fsp3) is 0.259. The van der Waals surface area contributed by atoms with E-state index in [0.29, 0.717) is 17.7 Å².